The smallest absolute Gasteiger partial charge is 0.456 e. The number of esters is 1. The summed E-state index contributed by atoms with van der Waals surface area (Å²) in [6.07, 6.45) is 49.1. The van der Waals surface area contributed by atoms with Crippen LogP contribution in [-0.4, -0.2) is 74.3 Å². The number of hydrogen-bond acceptors (Lipinski definition) is 6. The minimum atomic E-state index is -4.43. The molecule has 64 heavy (non-hydrogen) atoms. The van der Waals surface area contributed by atoms with E-state index >= 15 is 0 Å². The number of rotatable bonds is 50. The van der Waals surface area contributed by atoms with E-state index in [1.165, 1.54) is 180 Å². The SMILES string of the molecule is CCCCCCCCCCC/C=C/C(OC(=O)CCCCCCCCCCCCCCC)C(COP(=O)(O)OCC[N+](C)(C)C)NC(=O)CCCCCCCCCCCCCCCC. The van der Waals surface area contributed by atoms with E-state index in [1.54, 1.807) is 0 Å². The molecule has 0 radical (unpaired) electrons. The molecule has 2 N–H and O–H groups in total. The molecular formula is C54H108N2O7P+. The van der Waals surface area contributed by atoms with Gasteiger partial charge in [-0.1, -0.05) is 239 Å². The Morgan fingerprint density at radius 1 is 0.531 bits per heavy atom. The molecule has 0 spiro atoms. The number of amides is 1. The lowest BCUT2D eigenvalue weighted by Gasteiger charge is -2.27. The van der Waals surface area contributed by atoms with Crippen LogP contribution in [0, 0.1) is 0 Å². The number of quaternary nitrogens is 1. The molecule has 0 rings (SSSR count). The van der Waals surface area contributed by atoms with Crippen molar-refractivity contribution >= 4 is 19.7 Å². The first-order valence-electron chi connectivity index (χ1n) is 27.5. The minimum absolute atomic E-state index is 0.0452. The van der Waals surface area contributed by atoms with Crippen molar-refractivity contribution in [2.45, 2.75) is 283 Å². The Bertz CT molecular complexity index is 1110. The van der Waals surface area contributed by atoms with Crippen molar-refractivity contribution < 1.29 is 37.3 Å². The number of unbranched alkanes of at least 4 members (excludes halogenated alkanes) is 34. The molecule has 0 aliphatic rings. The monoisotopic (exact) mass is 928 g/mol. The third-order valence-corrected chi connectivity index (χ3v) is 13.5. The maximum atomic E-state index is 13.4. The third-order valence-electron chi connectivity index (χ3n) is 12.5. The molecule has 0 aromatic rings. The lowest BCUT2D eigenvalue weighted by Crippen LogP contribution is -2.47. The zero-order chi connectivity index (χ0) is 47.3. The number of carbonyl (C=O) groups is 2. The van der Waals surface area contributed by atoms with Gasteiger partial charge in [0, 0.05) is 12.8 Å². The molecule has 0 aromatic carbocycles. The summed E-state index contributed by atoms with van der Waals surface area (Å²) in [4.78, 5) is 37.4. The largest absolute Gasteiger partial charge is 0.472 e. The molecule has 0 saturated heterocycles. The highest BCUT2D eigenvalue weighted by Gasteiger charge is 2.30. The van der Waals surface area contributed by atoms with Gasteiger partial charge in [-0.05, 0) is 31.8 Å². The number of phosphoric acid groups is 1. The quantitative estimate of drug-likeness (QED) is 0.0205. The Morgan fingerprint density at radius 3 is 1.28 bits per heavy atom. The highest BCUT2D eigenvalue weighted by Crippen LogP contribution is 2.43. The topological polar surface area (TPSA) is 111 Å². The van der Waals surface area contributed by atoms with Crippen molar-refractivity contribution in [1.82, 2.24) is 5.32 Å². The molecular weight excluding hydrogens is 820 g/mol. The van der Waals surface area contributed by atoms with E-state index in [0.717, 1.165) is 57.8 Å². The second-order valence-electron chi connectivity index (χ2n) is 20.1. The first-order chi connectivity index (χ1) is 30.9. The van der Waals surface area contributed by atoms with Gasteiger partial charge in [-0.2, -0.15) is 0 Å². The van der Waals surface area contributed by atoms with Gasteiger partial charge in [-0.3, -0.25) is 18.6 Å². The van der Waals surface area contributed by atoms with E-state index in [1.807, 2.05) is 33.3 Å². The lowest BCUT2D eigenvalue weighted by molar-refractivity contribution is -0.870. The van der Waals surface area contributed by atoms with Crippen molar-refractivity contribution in [1.29, 1.82) is 0 Å². The molecule has 0 fully saturated rings. The molecule has 0 heterocycles. The van der Waals surface area contributed by atoms with Gasteiger partial charge in [-0.25, -0.2) is 4.57 Å². The van der Waals surface area contributed by atoms with Gasteiger partial charge in [0.15, 0.2) is 0 Å². The second-order valence-corrected chi connectivity index (χ2v) is 21.6. The van der Waals surface area contributed by atoms with Crippen LogP contribution in [0.3, 0.4) is 0 Å². The van der Waals surface area contributed by atoms with Gasteiger partial charge in [0.1, 0.15) is 19.3 Å². The van der Waals surface area contributed by atoms with Crippen LogP contribution in [0.2, 0.25) is 0 Å². The van der Waals surface area contributed by atoms with Gasteiger partial charge in [0.25, 0.3) is 0 Å². The highest BCUT2D eigenvalue weighted by molar-refractivity contribution is 7.47. The van der Waals surface area contributed by atoms with Crippen LogP contribution in [0.5, 0.6) is 0 Å². The van der Waals surface area contributed by atoms with Crippen molar-refractivity contribution in [2.24, 2.45) is 0 Å². The molecule has 0 bridgehead atoms. The van der Waals surface area contributed by atoms with Crippen LogP contribution in [0.1, 0.15) is 271 Å². The normalized spacial score (nSPS) is 13.9. The number of allylic oxidation sites excluding steroid dienone is 1. The predicted molar refractivity (Wildman–Crippen MR) is 273 cm³/mol. The molecule has 3 atom stereocenters. The Labute approximate surface area is 397 Å². The zero-order valence-corrected chi connectivity index (χ0v) is 44.2. The summed E-state index contributed by atoms with van der Waals surface area (Å²) in [6, 6.07) is -0.836. The second kappa shape index (κ2) is 45.5. The summed E-state index contributed by atoms with van der Waals surface area (Å²) in [7, 11) is 1.51. The predicted octanol–water partition coefficient (Wildman–Crippen LogP) is 16.1. The Hall–Kier alpha value is -1.25. The van der Waals surface area contributed by atoms with Crippen LogP contribution < -0.4 is 5.32 Å². The Kier molecular flexibility index (Phi) is 44.6. The first kappa shape index (κ1) is 62.8. The number of ether oxygens (including phenoxy) is 1. The van der Waals surface area contributed by atoms with E-state index < -0.39 is 20.0 Å². The van der Waals surface area contributed by atoms with Crippen LogP contribution in [0.15, 0.2) is 12.2 Å². The van der Waals surface area contributed by atoms with E-state index in [2.05, 4.69) is 26.1 Å². The summed E-state index contributed by atoms with van der Waals surface area (Å²) >= 11 is 0. The zero-order valence-electron chi connectivity index (χ0n) is 43.3. The van der Waals surface area contributed by atoms with E-state index in [9.17, 15) is 19.0 Å². The van der Waals surface area contributed by atoms with E-state index in [0.29, 0.717) is 23.9 Å². The first-order valence-corrected chi connectivity index (χ1v) is 29.0. The average molecular weight is 928 g/mol. The molecule has 380 valence electrons. The molecule has 0 saturated carbocycles. The molecule has 10 heteroatoms. The summed E-state index contributed by atoms with van der Waals surface area (Å²) in [5, 5.41) is 3.05. The summed E-state index contributed by atoms with van der Waals surface area (Å²) in [5.41, 5.74) is 0. The summed E-state index contributed by atoms with van der Waals surface area (Å²) in [5.74, 6) is -0.491. The fourth-order valence-electron chi connectivity index (χ4n) is 8.18. The van der Waals surface area contributed by atoms with Gasteiger partial charge in [0.05, 0.1) is 33.8 Å². The number of nitrogens with one attached hydrogen (secondary N) is 1. The fraction of sp³-hybridized carbons (Fsp3) is 0.926. The lowest BCUT2D eigenvalue weighted by atomic mass is 10.0. The Balaban J connectivity index is 5.34. The van der Waals surface area contributed by atoms with E-state index in [-0.39, 0.29) is 25.1 Å². The summed E-state index contributed by atoms with van der Waals surface area (Å²) in [6.45, 7) is 7.03. The highest BCUT2D eigenvalue weighted by atomic mass is 31.2. The van der Waals surface area contributed by atoms with Crippen molar-refractivity contribution in [2.75, 3.05) is 40.9 Å². The standard InChI is InChI=1S/C54H107N2O7P/c1-7-10-13-16-19-22-25-27-29-31-34-37-40-43-46-53(57)55-51(50-62-64(59,60)61-49-48-56(4,5)6)52(45-42-39-36-33-30-24-21-18-15-12-9-3)63-54(58)47-44-41-38-35-32-28-26-23-20-17-14-11-8-2/h42,45,51-52H,7-41,43-44,46-50H2,1-6H3,(H-,55,57,59,60)/p+1/b45-42+. The average Bonchev–Trinajstić information content (AvgIpc) is 3.25. The van der Waals surface area contributed by atoms with Gasteiger partial charge in [0.2, 0.25) is 5.91 Å². The molecule has 0 aliphatic heterocycles. The van der Waals surface area contributed by atoms with Crippen molar-refractivity contribution in [3.8, 4) is 0 Å². The maximum absolute atomic E-state index is 13.4. The van der Waals surface area contributed by atoms with Gasteiger partial charge < -0.3 is 19.4 Å². The molecule has 0 aliphatic carbocycles. The fourth-order valence-corrected chi connectivity index (χ4v) is 8.91. The van der Waals surface area contributed by atoms with Crippen molar-refractivity contribution in [3.05, 3.63) is 12.2 Å². The van der Waals surface area contributed by atoms with E-state index in [4.69, 9.17) is 13.8 Å². The Morgan fingerprint density at radius 2 is 0.891 bits per heavy atom. The molecule has 0 aromatic heterocycles. The minimum Gasteiger partial charge on any atom is -0.456 e. The van der Waals surface area contributed by atoms with Crippen molar-refractivity contribution in [3.63, 3.8) is 0 Å². The molecule has 1 amide bonds. The number of phosphoric ester groups is 1. The van der Waals surface area contributed by atoms with Crippen LogP contribution in [-0.2, 0) is 27.9 Å². The van der Waals surface area contributed by atoms with Gasteiger partial charge in [-0.15, -0.1) is 0 Å². The molecule has 3 unspecified atom stereocenters. The number of likely N-dealkylation sites (N-methyl/N-ethyl adjacent to an activating group) is 1. The maximum Gasteiger partial charge on any atom is 0.472 e. The molecule has 9 nitrogen and oxygen atoms in total. The third kappa shape index (κ3) is 45.9. The number of carbonyl (C=O) groups excluding carboxylic acids is 2. The van der Waals surface area contributed by atoms with Crippen LogP contribution >= 0.6 is 7.82 Å². The summed E-state index contributed by atoms with van der Waals surface area (Å²) < 4.78 is 30.5. The van der Waals surface area contributed by atoms with Crippen LogP contribution in [0.4, 0.5) is 0 Å². The number of nitrogens with zero attached hydrogens (tertiary/aromatic N) is 1. The number of hydrogen-bond donors (Lipinski definition) is 2. The van der Waals surface area contributed by atoms with Crippen LogP contribution in [0.25, 0.3) is 0 Å². The van der Waals surface area contributed by atoms with Gasteiger partial charge >= 0.3 is 13.8 Å².